The molecule has 3 heterocycles. The topological polar surface area (TPSA) is 105 Å². The molecular weight excluding hydrogens is 732 g/mol. The van der Waals surface area contributed by atoms with Gasteiger partial charge in [0.25, 0.3) is 0 Å². The highest BCUT2D eigenvalue weighted by Gasteiger charge is 2.39. The number of aromatic carboxylic acids is 1. The van der Waals surface area contributed by atoms with Gasteiger partial charge in [-0.15, -0.1) is 0 Å². The van der Waals surface area contributed by atoms with E-state index in [1.54, 1.807) is 4.90 Å². The zero-order chi connectivity index (χ0) is 38.2. The molecule has 0 spiro atoms. The van der Waals surface area contributed by atoms with Crippen LogP contribution in [0.15, 0.2) is 55.0 Å². The van der Waals surface area contributed by atoms with Gasteiger partial charge in [-0.1, -0.05) is 6.07 Å². The van der Waals surface area contributed by atoms with Crippen LogP contribution in [0.5, 0.6) is 0 Å². The summed E-state index contributed by atoms with van der Waals surface area (Å²) in [5.74, 6) is -4.14. The Bertz CT molecular complexity index is 1890. The van der Waals surface area contributed by atoms with Crippen molar-refractivity contribution < 1.29 is 67.3 Å². The number of rotatable bonds is 8. The van der Waals surface area contributed by atoms with Crippen LogP contribution in [-0.4, -0.2) is 57.3 Å². The Hall–Kier alpha value is -5.21. The molecule has 0 amide bonds. The summed E-state index contributed by atoms with van der Waals surface area (Å²) < 4.78 is 170. The molecule has 9 nitrogen and oxygen atoms in total. The molecule has 1 aliphatic rings. The molecule has 0 atom stereocenters. The van der Waals surface area contributed by atoms with E-state index in [2.05, 4.69) is 19.9 Å². The number of hydrogen-bond acceptors (Lipinski definition) is 8. The molecule has 4 aromatic rings. The van der Waals surface area contributed by atoms with Crippen molar-refractivity contribution in [1.82, 2.24) is 19.9 Å². The van der Waals surface area contributed by atoms with Crippen LogP contribution in [0.4, 0.5) is 64.3 Å². The molecule has 52 heavy (non-hydrogen) atoms. The van der Waals surface area contributed by atoms with Crippen molar-refractivity contribution in [3.05, 3.63) is 94.2 Å². The quantitative estimate of drug-likeness (QED) is 0.181. The summed E-state index contributed by atoms with van der Waals surface area (Å²) in [5, 5.41) is 9.70. The smallest absolute Gasteiger partial charge is 0.451 e. The SMILES string of the molecule is O=C(O)c1cnc(C(F)(F)F)nc1-c1ccc(C(F)(F)F)cc1CN(Cc1cc(C(F)(F)F)cc(C(F)(F)F)c1)c1ncc(N2CCOCC2)cn1. The molecular formula is C31H22F12N6O3. The van der Waals surface area contributed by atoms with Gasteiger partial charge >= 0.3 is 30.7 Å². The zero-order valence-corrected chi connectivity index (χ0v) is 25.9. The number of anilines is 2. The number of benzene rings is 2. The lowest BCUT2D eigenvalue weighted by Gasteiger charge is -2.29. The maximum absolute atomic E-state index is 13.9. The molecule has 0 aliphatic carbocycles. The second kappa shape index (κ2) is 14.1. The predicted molar refractivity (Wildman–Crippen MR) is 156 cm³/mol. The third-order valence-corrected chi connectivity index (χ3v) is 7.63. The second-order valence-electron chi connectivity index (χ2n) is 11.2. The number of alkyl halides is 12. The van der Waals surface area contributed by atoms with E-state index >= 15 is 0 Å². The normalized spacial score (nSPS) is 14.4. The molecule has 1 fully saturated rings. The first-order chi connectivity index (χ1) is 24.1. The summed E-state index contributed by atoms with van der Waals surface area (Å²) in [4.78, 5) is 29.2. The lowest BCUT2D eigenvalue weighted by Crippen LogP contribution is -2.36. The van der Waals surface area contributed by atoms with Crippen molar-refractivity contribution in [3.8, 4) is 11.3 Å². The van der Waals surface area contributed by atoms with Crippen LogP contribution in [-0.2, 0) is 42.5 Å². The second-order valence-corrected chi connectivity index (χ2v) is 11.2. The third-order valence-electron chi connectivity index (χ3n) is 7.63. The van der Waals surface area contributed by atoms with Crippen LogP contribution in [0, 0.1) is 0 Å². The number of carboxylic acids is 1. The molecule has 1 aliphatic heterocycles. The van der Waals surface area contributed by atoms with Crippen molar-refractivity contribution in [1.29, 1.82) is 0 Å². The first kappa shape index (κ1) is 38.0. The highest BCUT2D eigenvalue weighted by Crippen LogP contribution is 2.39. The summed E-state index contributed by atoms with van der Waals surface area (Å²) in [6.07, 6.45) is -18.1. The maximum Gasteiger partial charge on any atom is 0.451 e. The van der Waals surface area contributed by atoms with E-state index < -0.39 is 100 Å². The summed E-state index contributed by atoms with van der Waals surface area (Å²) in [6.45, 7) is -0.368. The molecule has 0 radical (unpaired) electrons. The van der Waals surface area contributed by atoms with Gasteiger partial charge in [0.15, 0.2) is 0 Å². The Morgan fingerprint density at radius 2 is 1.31 bits per heavy atom. The fraction of sp³-hybridized carbons (Fsp3) is 0.323. The summed E-state index contributed by atoms with van der Waals surface area (Å²) in [7, 11) is 0. The Morgan fingerprint density at radius 3 is 1.83 bits per heavy atom. The fourth-order valence-electron chi connectivity index (χ4n) is 5.21. The Kier molecular flexibility index (Phi) is 10.3. The van der Waals surface area contributed by atoms with Gasteiger partial charge in [-0.2, -0.15) is 52.7 Å². The van der Waals surface area contributed by atoms with E-state index in [9.17, 15) is 62.6 Å². The van der Waals surface area contributed by atoms with Crippen molar-refractivity contribution in [3.63, 3.8) is 0 Å². The molecule has 1 saturated heterocycles. The van der Waals surface area contributed by atoms with Gasteiger partial charge in [-0.05, 0) is 41.5 Å². The monoisotopic (exact) mass is 754 g/mol. The van der Waals surface area contributed by atoms with Crippen LogP contribution < -0.4 is 9.80 Å². The Balaban J connectivity index is 1.70. The van der Waals surface area contributed by atoms with Gasteiger partial charge in [0.05, 0.1) is 53.7 Å². The van der Waals surface area contributed by atoms with Gasteiger partial charge in [0, 0.05) is 37.9 Å². The lowest BCUT2D eigenvalue weighted by molar-refractivity contribution is -0.145. The number of halogens is 12. The number of carbonyl (C=O) groups is 1. The van der Waals surface area contributed by atoms with Gasteiger partial charge < -0.3 is 19.6 Å². The molecule has 21 heteroatoms. The van der Waals surface area contributed by atoms with Crippen LogP contribution in [0.3, 0.4) is 0 Å². The van der Waals surface area contributed by atoms with E-state index in [-0.39, 0.29) is 6.07 Å². The summed E-state index contributed by atoms with van der Waals surface area (Å²) >= 11 is 0. The van der Waals surface area contributed by atoms with Crippen LogP contribution in [0.2, 0.25) is 0 Å². The van der Waals surface area contributed by atoms with E-state index in [1.165, 1.54) is 12.4 Å². The van der Waals surface area contributed by atoms with Gasteiger partial charge in [-0.3, -0.25) is 0 Å². The first-order valence-corrected chi connectivity index (χ1v) is 14.7. The number of hydrogen-bond donors (Lipinski definition) is 1. The zero-order valence-electron chi connectivity index (χ0n) is 25.9. The number of ether oxygens (including phenoxy) is 1. The third kappa shape index (κ3) is 8.80. The minimum Gasteiger partial charge on any atom is -0.478 e. The average Bonchev–Trinajstić information content (AvgIpc) is 3.06. The molecule has 1 N–H and O–H groups in total. The van der Waals surface area contributed by atoms with E-state index in [1.807, 2.05) is 0 Å². The van der Waals surface area contributed by atoms with Gasteiger partial charge in [0.2, 0.25) is 11.8 Å². The molecule has 0 saturated carbocycles. The van der Waals surface area contributed by atoms with Crippen molar-refractivity contribution in [2.75, 3.05) is 36.1 Å². The molecule has 2 aromatic heterocycles. The Morgan fingerprint density at radius 1 is 0.731 bits per heavy atom. The summed E-state index contributed by atoms with van der Waals surface area (Å²) in [5.41, 5.74) is -8.14. The fourth-order valence-corrected chi connectivity index (χ4v) is 5.21. The summed E-state index contributed by atoms with van der Waals surface area (Å²) in [6, 6.07) is 2.12. The molecule has 278 valence electrons. The van der Waals surface area contributed by atoms with Crippen LogP contribution in [0.1, 0.15) is 44.0 Å². The highest BCUT2D eigenvalue weighted by molar-refractivity contribution is 5.95. The largest absolute Gasteiger partial charge is 0.478 e. The number of carboxylic acid groups (broad SMARTS) is 1. The number of morpholine rings is 1. The van der Waals surface area contributed by atoms with Gasteiger partial charge in [0.1, 0.15) is 5.56 Å². The molecule has 0 unspecified atom stereocenters. The van der Waals surface area contributed by atoms with Crippen molar-refractivity contribution in [2.45, 2.75) is 37.8 Å². The molecule has 5 rings (SSSR count). The molecule has 2 aromatic carbocycles. The standard InChI is InChI=1S/C31H22F12N6O3/c32-28(33,34)18-1-2-22(24-23(25(50)51)13-44-26(47-24)31(41,42)43)17(9-18)15-49(27-45-11-21(12-46-27)48-3-5-52-6-4-48)14-16-7-19(29(35,36)37)10-20(8-16)30(38,39)40/h1-2,7-13H,3-6,14-15H2,(H,50,51). The van der Waals surface area contributed by atoms with E-state index in [4.69, 9.17) is 4.74 Å². The van der Waals surface area contributed by atoms with Crippen molar-refractivity contribution >= 4 is 17.6 Å². The Labute approximate surface area is 284 Å². The lowest BCUT2D eigenvalue weighted by atomic mass is 9.97. The predicted octanol–water partition coefficient (Wildman–Crippen LogP) is 7.75. The van der Waals surface area contributed by atoms with E-state index in [0.29, 0.717) is 68.5 Å². The first-order valence-electron chi connectivity index (χ1n) is 14.7. The van der Waals surface area contributed by atoms with Crippen molar-refractivity contribution in [2.24, 2.45) is 0 Å². The van der Waals surface area contributed by atoms with Crippen LogP contribution >= 0.6 is 0 Å². The minimum atomic E-state index is -5.26. The number of aromatic nitrogens is 4. The molecule has 0 bridgehead atoms. The average molecular weight is 755 g/mol. The van der Waals surface area contributed by atoms with Crippen LogP contribution in [0.25, 0.3) is 11.3 Å². The minimum absolute atomic E-state index is 0.132. The highest BCUT2D eigenvalue weighted by atomic mass is 19.4. The van der Waals surface area contributed by atoms with Gasteiger partial charge in [-0.25, -0.2) is 24.7 Å². The number of nitrogens with zero attached hydrogens (tertiary/aromatic N) is 6. The maximum atomic E-state index is 13.9. The van der Waals surface area contributed by atoms with E-state index in [0.717, 1.165) is 4.90 Å².